The SMILES string of the molecule is CC(C)(C)NCc1csc(C(C)(C)C)n1. The quantitative estimate of drug-likeness (QED) is 0.836. The lowest BCUT2D eigenvalue weighted by Crippen LogP contribution is -2.35. The van der Waals surface area contributed by atoms with E-state index in [4.69, 9.17) is 0 Å². The van der Waals surface area contributed by atoms with Crippen LogP contribution in [0.3, 0.4) is 0 Å². The van der Waals surface area contributed by atoms with Crippen molar-refractivity contribution in [3.05, 3.63) is 16.1 Å². The zero-order valence-electron chi connectivity index (χ0n) is 10.6. The zero-order valence-corrected chi connectivity index (χ0v) is 11.5. The Morgan fingerprint density at radius 2 is 1.80 bits per heavy atom. The Morgan fingerprint density at radius 1 is 1.20 bits per heavy atom. The van der Waals surface area contributed by atoms with Crippen LogP contribution in [0.2, 0.25) is 0 Å². The van der Waals surface area contributed by atoms with Gasteiger partial charge in [-0.15, -0.1) is 11.3 Å². The summed E-state index contributed by atoms with van der Waals surface area (Å²) < 4.78 is 0. The number of nitrogens with zero attached hydrogens (tertiary/aromatic N) is 1. The fourth-order valence-electron chi connectivity index (χ4n) is 1.09. The molecule has 0 aromatic carbocycles. The molecule has 0 amide bonds. The molecule has 1 rings (SSSR count). The second kappa shape index (κ2) is 4.22. The van der Waals surface area contributed by atoms with E-state index in [9.17, 15) is 0 Å². The summed E-state index contributed by atoms with van der Waals surface area (Å²) in [5.41, 5.74) is 1.48. The van der Waals surface area contributed by atoms with Crippen molar-refractivity contribution >= 4 is 11.3 Å². The van der Waals surface area contributed by atoms with Gasteiger partial charge in [-0.3, -0.25) is 0 Å². The Hall–Kier alpha value is -0.410. The molecule has 0 aliphatic heterocycles. The lowest BCUT2D eigenvalue weighted by atomic mass is 9.98. The Labute approximate surface area is 97.1 Å². The fraction of sp³-hybridized carbons (Fsp3) is 0.750. The first-order valence-corrected chi connectivity index (χ1v) is 6.26. The molecular weight excluding hydrogens is 204 g/mol. The van der Waals surface area contributed by atoms with Gasteiger partial charge in [0.1, 0.15) is 0 Å². The van der Waals surface area contributed by atoms with E-state index in [1.165, 1.54) is 5.01 Å². The minimum absolute atomic E-state index is 0.158. The highest BCUT2D eigenvalue weighted by atomic mass is 32.1. The molecule has 2 nitrogen and oxygen atoms in total. The smallest absolute Gasteiger partial charge is 0.0982 e. The minimum atomic E-state index is 0.158. The van der Waals surface area contributed by atoms with Crippen molar-refractivity contribution in [1.29, 1.82) is 0 Å². The molecule has 1 aromatic rings. The van der Waals surface area contributed by atoms with E-state index in [2.05, 4.69) is 57.2 Å². The summed E-state index contributed by atoms with van der Waals surface area (Å²) in [6.45, 7) is 14.0. The van der Waals surface area contributed by atoms with Gasteiger partial charge in [-0.2, -0.15) is 0 Å². The molecule has 15 heavy (non-hydrogen) atoms. The number of aromatic nitrogens is 1. The lowest BCUT2D eigenvalue weighted by Gasteiger charge is -2.19. The molecule has 0 spiro atoms. The molecule has 0 unspecified atom stereocenters. The first-order valence-electron chi connectivity index (χ1n) is 5.38. The molecule has 0 aliphatic carbocycles. The fourth-order valence-corrected chi connectivity index (χ4v) is 2.00. The van der Waals surface area contributed by atoms with Gasteiger partial charge in [-0.25, -0.2) is 4.98 Å². The van der Waals surface area contributed by atoms with Crippen LogP contribution in [0, 0.1) is 0 Å². The lowest BCUT2D eigenvalue weighted by molar-refractivity contribution is 0.421. The van der Waals surface area contributed by atoms with Crippen molar-refractivity contribution in [2.75, 3.05) is 0 Å². The van der Waals surface area contributed by atoms with Crippen molar-refractivity contribution in [3.8, 4) is 0 Å². The summed E-state index contributed by atoms with van der Waals surface area (Å²) in [6.07, 6.45) is 0. The molecule has 0 saturated heterocycles. The summed E-state index contributed by atoms with van der Waals surface area (Å²) >= 11 is 1.76. The van der Waals surface area contributed by atoms with Gasteiger partial charge < -0.3 is 5.32 Å². The third-order valence-electron chi connectivity index (χ3n) is 1.99. The molecule has 0 bridgehead atoms. The van der Waals surface area contributed by atoms with Gasteiger partial charge in [-0.1, -0.05) is 20.8 Å². The van der Waals surface area contributed by atoms with E-state index in [1.54, 1.807) is 11.3 Å². The van der Waals surface area contributed by atoms with Gasteiger partial charge in [-0.05, 0) is 20.8 Å². The van der Waals surface area contributed by atoms with E-state index in [1.807, 2.05) is 0 Å². The molecular formula is C12H22N2S. The predicted molar refractivity (Wildman–Crippen MR) is 67.4 cm³/mol. The number of rotatable bonds is 2. The van der Waals surface area contributed by atoms with Crippen molar-refractivity contribution in [2.24, 2.45) is 0 Å². The number of thiazole rings is 1. The van der Waals surface area contributed by atoms with Crippen LogP contribution in [0.5, 0.6) is 0 Å². The molecule has 1 aromatic heterocycles. The second-order valence-corrected chi connectivity index (χ2v) is 6.86. The van der Waals surface area contributed by atoms with Crippen molar-refractivity contribution in [2.45, 2.75) is 59.0 Å². The maximum atomic E-state index is 4.64. The maximum absolute atomic E-state index is 4.64. The molecule has 1 heterocycles. The van der Waals surface area contributed by atoms with Gasteiger partial charge >= 0.3 is 0 Å². The van der Waals surface area contributed by atoms with Gasteiger partial charge in [0.05, 0.1) is 10.7 Å². The van der Waals surface area contributed by atoms with E-state index in [0.29, 0.717) is 0 Å². The average molecular weight is 226 g/mol. The van der Waals surface area contributed by atoms with Crippen LogP contribution in [0.25, 0.3) is 0 Å². The summed E-state index contributed by atoms with van der Waals surface area (Å²) in [5, 5.41) is 6.82. The summed E-state index contributed by atoms with van der Waals surface area (Å²) in [6, 6.07) is 0. The van der Waals surface area contributed by atoms with E-state index < -0.39 is 0 Å². The number of hydrogen-bond acceptors (Lipinski definition) is 3. The van der Waals surface area contributed by atoms with Crippen LogP contribution in [0.15, 0.2) is 5.38 Å². The molecule has 0 fully saturated rings. The number of hydrogen-bond donors (Lipinski definition) is 1. The van der Waals surface area contributed by atoms with E-state index in [0.717, 1.165) is 12.2 Å². The molecule has 0 saturated carbocycles. The van der Waals surface area contributed by atoms with Gasteiger partial charge in [0.15, 0.2) is 0 Å². The maximum Gasteiger partial charge on any atom is 0.0982 e. The Bertz CT molecular complexity index is 315. The Balaban J connectivity index is 2.62. The van der Waals surface area contributed by atoms with Crippen LogP contribution in [-0.4, -0.2) is 10.5 Å². The van der Waals surface area contributed by atoms with Gasteiger partial charge in [0.2, 0.25) is 0 Å². The largest absolute Gasteiger partial charge is 0.306 e. The van der Waals surface area contributed by atoms with Crippen LogP contribution < -0.4 is 5.32 Å². The second-order valence-electron chi connectivity index (χ2n) is 6.00. The van der Waals surface area contributed by atoms with Crippen molar-refractivity contribution < 1.29 is 0 Å². The Morgan fingerprint density at radius 3 is 2.20 bits per heavy atom. The Kier molecular flexibility index (Phi) is 3.56. The molecule has 86 valence electrons. The highest BCUT2D eigenvalue weighted by Gasteiger charge is 2.18. The molecule has 0 aliphatic rings. The highest BCUT2D eigenvalue weighted by molar-refractivity contribution is 7.09. The first-order chi connectivity index (χ1) is 6.68. The zero-order chi connectivity index (χ0) is 11.7. The standard InChI is InChI=1S/C12H22N2S/c1-11(2,3)10-14-9(8-15-10)7-13-12(4,5)6/h8,13H,7H2,1-6H3. The van der Waals surface area contributed by atoms with Crippen LogP contribution in [-0.2, 0) is 12.0 Å². The van der Waals surface area contributed by atoms with Crippen molar-refractivity contribution in [3.63, 3.8) is 0 Å². The van der Waals surface area contributed by atoms with E-state index >= 15 is 0 Å². The number of nitrogens with one attached hydrogen (secondary N) is 1. The normalized spacial score (nSPS) is 13.2. The first kappa shape index (κ1) is 12.7. The minimum Gasteiger partial charge on any atom is -0.306 e. The summed E-state index contributed by atoms with van der Waals surface area (Å²) in [7, 11) is 0. The molecule has 0 radical (unpaired) electrons. The summed E-state index contributed by atoms with van der Waals surface area (Å²) in [4.78, 5) is 4.64. The topological polar surface area (TPSA) is 24.9 Å². The molecule has 0 atom stereocenters. The average Bonchev–Trinajstić information content (AvgIpc) is 2.45. The van der Waals surface area contributed by atoms with Crippen LogP contribution in [0.1, 0.15) is 52.2 Å². The highest BCUT2D eigenvalue weighted by Crippen LogP contribution is 2.25. The monoisotopic (exact) mass is 226 g/mol. The van der Waals surface area contributed by atoms with Crippen LogP contribution >= 0.6 is 11.3 Å². The van der Waals surface area contributed by atoms with Gasteiger partial charge in [0.25, 0.3) is 0 Å². The summed E-state index contributed by atoms with van der Waals surface area (Å²) in [5.74, 6) is 0. The van der Waals surface area contributed by atoms with Gasteiger partial charge in [0, 0.05) is 22.9 Å². The predicted octanol–water partition coefficient (Wildman–Crippen LogP) is 3.33. The van der Waals surface area contributed by atoms with Crippen molar-refractivity contribution in [1.82, 2.24) is 10.3 Å². The third kappa shape index (κ3) is 4.31. The third-order valence-corrected chi connectivity index (χ3v) is 3.31. The van der Waals surface area contributed by atoms with E-state index in [-0.39, 0.29) is 11.0 Å². The van der Waals surface area contributed by atoms with Crippen LogP contribution in [0.4, 0.5) is 0 Å². The molecule has 3 heteroatoms. The molecule has 1 N–H and O–H groups in total.